The molecular formula is C12H18N2O4S. The molecule has 0 unspecified atom stereocenters. The number of hydrogen-bond donors (Lipinski definition) is 1. The minimum Gasteiger partial charge on any atom is -0.494 e. The van der Waals surface area contributed by atoms with Crippen molar-refractivity contribution in [3.05, 3.63) is 18.2 Å². The molecule has 1 aliphatic rings. The second-order valence-electron chi connectivity index (χ2n) is 4.55. The third-order valence-corrected chi connectivity index (χ3v) is 4.35. The number of ether oxygens (including phenoxy) is 2. The van der Waals surface area contributed by atoms with Crippen molar-refractivity contribution in [1.29, 1.82) is 0 Å². The minimum absolute atomic E-state index is 0.136. The van der Waals surface area contributed by atoms with Gasteiger partial charge in [0.05, 0.1) is 25.6 Å². The molecule has 1 aliphatic heterocycles. The standard InChI is InChI=1S/C12H18N2O4S/c1-17-12-7-9(3-4-11(12)13)18-10-5-6-14(8-10)19(2,15)16/h3-4,7,10H,5-6,8,13H2,1-2H3/t10-/m1/s1. The van der Waals surface area contributed by atoms with Crippen molar-refractivity contribution in [2.24, 2.45) is 0 Å². The number of hydrogen-bond acceptors (Lipinski definition) is 5. The number of methoxy groups -OCH3 is 1. The van der Waals surface area contributed by atoms with Gasteiger partial charge < -0.3 is 15.2 Å². The Balaban J connectivity index is 2.03. The van der Waals surface area contributed by atoms with E-state index in [0.29, 0.717) is 36.7 Å². The van der Waals surface area contributed by atoms with Crippen LogP contribution in [0.1, 0.15) is 6.42 Å². The van der Waals surface area contributed by atoms with Gasteiger partial charge in [0.25, 0.3) is 0 Å². The summed E-state index contributed by atoms with van der Waals surface area (Å²) >= 11 is 0. The molecule has 0 saturated carbocycles. The molecule has 0 aromatic heterocycles. The van der Waals surface area contributed by atoms with Crippen LogP contribution in [0.3, 0.4) is 0 Å². The summed E-state index contributed by atoms with van der Waals surface area (Å²) in [7, 11) is -1.60. The summed E-state index contributed by atoms with van der Waals surface area (Å²) < 4.78 is 35.1. The number of anilines is 1. The third-order valence-electron chi connectivity index (χ3n) is 3.08. The molecular weight excluding hydrogens is 268 g/mol. The molecule has 1 aromatic carbocycles. The molecule has 0 spiro atoms. The average molecular weight is 286 g/mol. The molecule has 1 saturated heterocycles. The first-order valence-electron chi connectivity index (χ1n) is 5.95. The number of nitrogens with two attached hydrogens (primary N) is 1. The summed E-state index contributed by atoms with van der Waals surface area (Å²) in [6, 6.07) is 5.16. The van der Waals surface area contributed by atoms with Gasteiger partial charge >= 0.3 is 0 Å². The summed E-state index contributed by atoms with van der Waals surface area (Å²) in [6.07, 6.45) is 1.75. The van der Waals surface area contributed by atoms with E-state index in [1.54, 1.807) is 18.2 Å². The first-order valence-corrected chi connectivity index (χ1v) is 7.80. The molecule has 0 radical (unpaired) electrons. The van der Waals surface area contributed by atoms with Gasteiger partial charge in [-0.25, -0.2) is 8.42 Å². The third kappa shape index (κ3) is 3.30. The predicted molar refractivity (Wildman–Crippen MR) is 72.9 cm³/mol. The van der Waals surface area contributed by atoms with E-state index in [9.17, 15) is 8.42 Å². The van der Waals surface area contributed by atoms with Gasteiger partial charge in [-0.3, -0.25) is 0 Å². The smallest absolute Gasteiger partial charge is 0.211 e. The number of benzene rings is 1. The lowest BCUT2D eigenvalue weighted by Gasteiger charge is -2.16. The molecule has 7 heteroatoms. The molecule has 1 aromatic rings. The van der Waals surface area contributed by atoms with Gasteiger partial charge in [-0.05, 0) is 18.6 Å². The monoisotopic (exact) mass is 286 g/mol. The van der Waals surface area contributed by atoms with E-state index < -0.39 is 10.0 Å². The van der Waals surface area contributed by atoms with Gasteiger partial charge in [-0.1, -0.05) is 0 Å². The number of rotatable bonds is 4. The predicted octanol–water partition coefficient (Wildman–Crippen LogP) is 0.690. The van der Waals surface area contributed by atoms with Crippen LogP contribution in [-0.4, -0.2) is 45.3 Å². The fourth-order valence-corrected chi connectivity index (χ4v) is 2.93. The Labute approximate surface area is 113 Å². The zero-order valence-corrected chi connectivity index (χ0v) is 11.8. The quantitative estimate of drug-likeness (QED) is 0.824. The van der Waals surface area contributed by atoms with Crippen LogP contribution in [0, 0.1) is 0 Å². The molecule has 0 aliphatic carbocycles. The average Bonchev–Trinajstić information content (AvgIpc) is 2.80. The van der Waals surface area contributed by atoms with E-state index >= 15 is 0 Å². The van der Waals surface area contributed by atoms with E-state index in [1.807, 2.05) is 0 Å². The summed E-state index contributed by atoms with van der Waals surface area (Å²) in [5.74, 6) is 1.18. The van der Waals surface area contributed by atoms with E-state index in [4.69, 9.17) is 15.2 Å². The van der Waals surface area contributed by atoms with Crippen molar-refractivity contribution in [1.82, 2.24) is 4.31 Å². The molecule has 1 fully saturated rings. The van der Waals surface area contributed by atoms with E-state index in [-0.39, 0.29) is 6.10 Å². The number of nitrogen functional groups attached to an aromatic ring is 1. The van der Waals surface area contributed by atoms with Gasteiger partial charge in [0.2, 0.25) is 10.0 Å². The lowest BCUT2D eigenvalue weighted by atomic mass is 10.2. The van der Waals surface area contributed by atoms with Crippen LogP contribution in [0.15, 0.2) is 18.2 Å². The van der Waals surface area contributed by atoms with Crippen LogP contribution in [0.25, 0.3) is 0 Å². The van der Waals surface area contributed by atoms with Gasteiger partial charge in [-0.2, -0.15) is 4.31 Å². The number of nitrogens with zero attached hydrogens (tertiary/aromatic N) is 1. The van der Waals surface area contributed by atoms with Gasteiger partial charge in [0, 0.05) is 12.6 Å². The Hall–Kier alpha value is -1.47. The summed E-state index contributed by atoms with van der Waals surface area (Å²) in [4.78, 5) is 0. The molecule has 0 bridgehead atoms. The van der Waals surface area contributed by atoms with Gasteiger partial charge in [0.15, 0.2) is 0 Å². The maximum absolute atomic E-state index is 11.4. The molecule has 1 atom stereocenters. The lowest BCUT2D eigenvalue weighted by molar-refractivity contribution is 0.215. The largest absolute Gasteiger partial charge is 0.494 e. The summed E-state index contributed by atoms with van der Waals surface area (Å²) in [6.45, 7) is 0.876. The molecule has 1 heterocycles. The highest BCUT2D eigenvalue weighted by atomic mass is 32.2. The van der Waals surface area contributed by atoms with Crippen LogP contribution in [0.5, 0.6) is 11.5 Å². The topological polar surface area (TPSA) is 81.9 Å². The molecule has 2 N–H and O–H groups in total. The minimum atomic E-state index is -3.14. The fraction of sp³-hybridized carbons (Fsp3) is 0.500. The van der Waals surface area contributed by atoms with E-state index in [0.717, 1.165) is 0 Å². The van der Waals surface area contributed by atoms with Crippen molar-refractivity contribution in [3.8, 4) is 11.5 Å². The van der Waals surface area contributed by atoms with Crippen molar-refractivity contribution in [2.75, 3.05) is 32.2 Å². The van der Waals surface area contributed by atoms with Crippen LogP contribution < -0.4 is 15.2 Å². The van der Waals surface area contributed by atoms with Gasteiger partial charge in [-0.15, -0.1) is 0 Å². The first kappa shape index (κ1) is 14.0. The lowest BCUT2D eigenvalue weighted by Crippen LogP contribution is -2.29. The van der Waals surface area contributed by atoms with Crippen molar-refractivity contribution < 1.29 is 17.9 Å². The zero-order chi connectivity index (χ0) is 14.0. The fourth-order valence-electron chi connectivity index (χ4n) is 2.05. The van der Waals surface area contributed by atoms with Crippen LogP contribution >= 0.6 is 0 Å². The zero-order valence-electron chi connectivity index (χ0n) is 11.0. The maximum Gasteiger partial charge on any atom is 0.211 e. The highest BCUT2D eigenvalue weighted by Gasteiger charge is 2.29. The van der Waals surface area contributed by atoms with Crippen molar-refractivity contribution in [3.63, 3.8) is 0 Å². The van der Waals surface area contributed by atoms with Crippen molar-refractivity contribution >= 4 is 15.7 Å². The Morgan fingerprint density at radius 1 is 1.42 bits per heavy atom. The highest BCUT2D eigenvalue weighted by molar-refractivity contribution is 7.88. The Morgan fingerprint density at radius 3 is 2.74 bits per heavy atom. The van der Waals surface area contributed by atoms with Crippen molar-refractivity contribution in [2.45, 2.75) is 12.5 Å². The Bertz CT molecular complexity index is 559. The SMILES string of the molecule is COc1cc(O[C@@H]2CCN(S(C)(=O)=O)C2)ccc1N. The molecule has 19 heavy (non-hydrogen) atoms. The molecule has 0 amide bonds. The first-order chi connectivity index (χ1) is 8.90. The molecule has 2 rings (SSSR count). The normalized spacial score (nSPS) is 20.4. The van der Waals surface area contributed by atoms with E-state index in [2.05, 4.69) is 0 Å². The maximum atomic E-state index is 11.4. The van der Waals surface area contributed by atoms with E-state index in [1.165, 1.54) is 17.7 Å². The summed E-state index contributed by atoms with van der Waals surface area (Å²) in [5.41, 5.74) is 6.26. The Morgan fingerprint density at radius 2 is 2.16 bits per heavy atom. The van der Waals surface area contributed by atoms with Crippen LogP contribution in [0.4, 0.5) is 5.69 Å². The number of sulfonamides is 1. The van der Waals surface area contributed by atoms with Crippen LogP contribution in [-0.2, 0) is 10.0 Å². The van der Waals surface area contributed by atoms with Gasteiger partial charge in [0.1, 0.15) is 17.6 Å². The molecule has 106 valence electrons. The second-order valence-corrected chi connectivity index (χ2v) is 6.54. The van der Waals surface area contributed by atoms with Crippen LogP contribution in [0.2, 0.25) is 0 Å². The second kappa shape index (κ2) is 5.26. The Kier molecular flexibility index (Phi) is 3.86. The molecule has 6 nitrogen and oxygen atoms in total. The highest BCUT2D eigenvalue weighted by Crippen LogP contribution is 2.28. The summed E-state index contributed by atoms with van der Waals surface area (Å²) in [5, 5.41) is 0.